The van der Waals surface area contributed by atoms with Gasteiger partial charge in [-0.2, -0.15) is 0 Å². The van der Waals surface area contributed by atoms with Crippen molar-refractivity contribution in [2.75, 3.05) is 0 Å². The maximum atomic E-state index is 4.07. The molecule has 0 aliphatic carbocycles. The van der Waals surface area contributed by atoms with Gasteiger partial charge in [0.2, 0.25) is 0 Å². The van der Waals surface area contributed by atoms with Crippen LogP contribution < -0.4 is 5.32 Å². The largest absolute Gasteiger partial charge is 0.226 e. The summed E-state index contributed by atoms with van der Waals surface area (Å²) in [4.78, 5) is 0. The lowest BCUT2D eigenvalue weighted by Gasteiger charge is -2.13. The van der Waals surface area contributed by atoms with Crippen LogP contribution in [0.25, 0.3) is 0 Å². The summed E-state index contributed by atoms with van der Waals surface area (Å²) >= 11 is 0. The molecule has 0 saturated carbocycles. The zero-order chi connectivity index (χ0) is 6.81. The first-order chi connectivity index (χ1) is 4.97. The minimum absolute atomic E-state index is 0.816. The van der Waals surface area contributed by atoms with Gasteiger partial charge >= 0.3 is 0 Å². The molecule has 0 amide bonds. The minimum atomic E-state index is 0.816. The number of nitrogens with zero attached hydrogens (tertiary/aromatic N) is 1. The topological polar surface area (TPSA) is 14.1 Å². The molecule has 10 heavy (non-hydrogen) atoms. The number of benzene rings is 1. The van der Waals surface area contributed by atoms with Crippen molar-refractivity contribution in [3.63, 3.8) is 0 Å². The molecule has 0 atom stereocenters. The quantitative estimate of drug-likeness (QED) is 0.504. The van der Waals surface area contributed by atoms with Gasteiger partial charge in [0.25, 0.3) is 0 Å². The van der Waals surface area contributed by atoms with Crippen molar-refractivity contribution in [3.8, 4) is 0 Å². The second-order valence-electron chi connectivity index (χ2n) is 2.42. The summed E-state index contributed by atoms with van der Waals surface area (Å²) in [6, 6.07) is 8.38. The standard InChI is InChI=1S/C9H8N/c1-2-4-9-7-10-6-5-8(9)3-1/h1-4H,5,7H2. The lowest BCUT2D eigenvalue weighted by molar-refractivity contribution is 0.712. The zero-order valence-electron chi connectivity index (χ0n) is 5.67. The molecule has 1 heterocycles. The second-order valence-corrected chi connectivity index (χ2v) is 2.42. The van der Waals surface area contributed by atoms with Crippen LogP contribution in [0.4, 0.5) is 0 Å². The first-order valence-electron chi connectivity index (χ1n) is 3.43. The van der Waals surface area contributed by atoms with Gasteiger partial charge in [-0.05, 0) is 17.5 Å². The van der Waals surface area contributed by atoms with E-state index < -0.39 is 0 Å². The van der Waals surface area contributed by atoms with Crippen LogP contribution in [0.5, 0.6) is 0 Å². The predicted molar refractivity (Wildman–Crippen MR) is 39.2 cm³/mol. The van der Waals surface area contributed by atoms with E-state index in [1.54, 1.807) is 0 Å². The van der Waals surface area contributed by atoms with Gasteiger partial charge < -0.3 is 0 Å². The Morgan fingerprint density at radius 3 is 2.80 bits per heavy atom. The first kappa shape index (κ1) is 5.93. The predicted octanol–water partition coefficient (Wildman–Crippen LogP) is 1.39. The average molecular weight is 130 g/mol. The molecule has 1 aliphatic heterocycles. The smallest absolute Gasteiger partial charge is 0.0840 e. The Balaban J connectivity index is 2.41. The Labute approximate surface area is 61.1 Å². The Kier molecular flexibility index (Phi) is 1.44. The van der Waals surface area contributed by atoms with Crippen molar-refractivity contribution in [2.45, 2.75) is 13.0 Å². The molecular weight excluding hydrogens is 122 g/mol. The fraction of sp³-hybridized carbons (Fsp3) is 0.222. The van der Waals surface area contributed by atoms with E-state index >= 15 is 0 Å². The van der Waals surface area contributed by atoms with Gasteiger partial charge in [-0.15, -0.1) is 0 Å². The maximum absolute atomic E-state index is 4.07. The van der Waals surface area contributed by atoms with Crippen LogP contribution in [0.2, 0.25) is 0 Å². The molecule has 1 nitrogen and oxygen atoms in total. The van der Waals surface area contributed by atoms with Crippen LogP contribution in [0.3, 0.4) is 0 Å². The molecule has 3 radical (unpaired) electrons. The molecule has 1 heteroatoms. The fourth-order valence-corrected chi connectivity index (χ4v) is 1.17. The highest BCUT2D eigenvalue weighted by Crippen LogP contribution is 2.14. The van der Waals surface area contributed by atoms with E-state index in [-0.39, 0.29) is 0 Å². The summed E-state index contributed by atoms with van der Waals surface area (Å²) in [5, 5.41) is 4.07. The van der Waals surface area contributed by atoms with E-state index in [9.17, 15) is 0 Å². The molecule has 0 unspecified atom stereocenters. The third-order valence-corrected chi connectivity index (χ3v) is 1.75. The molecule has 0 spiro atoms. The molecule has 0 fully saturated rings. The second kappa shape index (κ2) is 2.43. The fourth-order valence-electron chi connectivity index (χ4n) is 1.17. The molecule has 2 rings (SSSR count). The number of fused-ring (bicyclic) bond motifs is 1. The third kappa shape index (κ3) is 0.929. The monoisotopic (exact) mass is 130 g/mol. The van der Waals surface area contributed by atoms with E-state index in [0.29, 0.717) is 0 Å². The van der Waals surface area contributed by atoms with E-state index in [1.165, 1.54) is 11.1 Å². The Bertz CT molecular complexity index is 205. The molecule has 0 N–H and O–H groups in total. The number of hydrogen-bond acceptors (Lipinski definition) is 0. The lowest BCUT2D eigenvalue weighted by atomic mass is 10.0. The Hall–Kier alpha value is -0.820. The normalized spacial score (nSPS) is 16.4. The highest BCUT2D eigenvalue weighted by atomic mass is 14.9. The molecule has 1 aromatic rings. The summed E-state index contributed by atoms with van der Waals surface area (Å²) in [5.74, 6) is 0. The van der Waals surface area contributed by atoms with Crippen molar-refractivity contribution in [2.24, 2.45) is 0 Å². The highest BCUT2D eigenvalue weighted by molar-refractivity contribution is 5.29. The summed E-state index contributed by atoms with van der Waals surface area (Å²) in [6.07, 6.45) is 0.885. The molecule has 49 valence electrons. The van der Waals surface area contributed by atoms with E-state index in [0.717, 1.165) is 13.0 Å². The van der Waals surface area contributed by atoms with Crippen LogP contribution in [0.1, 0.15) is 11.1 Å². The molecular formula is C9H8N. The van der Waals surface area contributed by atoms with Crippen molar-refractivity contribution >= 4 is 0 Å². The third-order valence-electron chi connectivity index (χ3n) is 1.75. The van der Waals surface area contributed by atoms with E-state index in [4.69, 9.17) is 0 Å². The summed E-state index contributed by atoms with van der Waals surface area (Å²) in [7, 11) is 0. The van der Waals surface area contributed by atoms with E-state index in [2.05, 4.69) is 36.1 Å². The van der Waals surface area contributed by atoms with Crippen LogP contribution >= 0.6 is 0 Å². The van der Waals surface area contributed by atoms with Gasteiger partial charge in [0.15, 0.2) is 0 Å². The Morgan fingerprint density at radius 2 is 2.00 bits per heavy atom. The van der Waals surface area contributed by atoms with Gasteiger partial charge in [-0.25, -0.2) is 5.32 Å². The van der Waals surface area contributed by atoms with Gasteiger partial charge in [-0.1, -0.05) is 24.3 Å². The van der Waals surface area contributed by atoms with Crippen molar-refractivity contribution in [1.29, 1.82) is 0 Å². The van der Waals surface area contributed by atoms with Crippen LogP contribution in [-0.4, -0.2) is 0 Å². The zero-order valence-corrected chi connectivity index (χ0v) is 5.67. The molecule has 0 bridgehead atoms. The number of hydrogen-bond donors (Lipinski definition) is 0. The minimum Gasteiger partial charge on any atom is -0.226 e. The maximum Gasteiger partial charge on any atom is 0.0840 e. The summed E-state index contributed by atoms with van der Waals surface area (Å²) in [5.41, 5.74) is 2.72. The summed E-state index contributed by atoms with van der Waals surface area (Å²) in [6.45, 7) is 3.78. The average Bonchev–Trinajstić information content (AvgIpc) is 2.05. The molecule has 0 saturated heterocycles. The summed E-state index contributed by atoms with van der Waals surface area (Å²) < 4.78 is 0. The van der Waals surface area contributed by atoms with E-state index in [1.807, 2.05) is 0 Å². The van der Waals surface area contributed by atoms with Crippen LogP contribution in [-0.2, 0) is 13.0 Å². The first-order valence-corrected chi connectivity index (χ1v) is 3.43. The van der Waals surface area contributed by atoms with Crippen LogP contribution in [0, 0.1) is 6.54 Å². The van der Waals surface area contributed by atoms with Crippen molar-refractivity contribution in [3.05, 3.63) is 41.9 Å². The molecule has 1 aliphatic rings. The lowest BCUT2D eigenvalue weighted by Crippen LogP contribution is -2.12. The highest BCUT2D eigenvalue weighted by Gasteiger charge is 2.07. The van der Waals surface area contributed by atoms with Gasteiger partial charge in [0.1, 0.15) is 0 Å². The SMILES string of the molecule is [C]1Cc2ccccc2C[N]1. The van der Waals surface area contributed by atoms with Crippen molar-refractivity contribution < 1.29 is 0 Å². The van der Waals surface area contributed by atoms with Gasteiger partial charge in [-0.3, -0.25) is 0 Å². The van der Waals surface area contributed by atoms with Gasteiger partial charge in [0, 0.05) is 6.54 Å². The van der Waals surface area contributed by atoms with Crippen molar-refractivity contribution in [1.82, 2.24) is 5.32 Å². The Morgan fingerprint density at radius 1 is 1.20 bits per heavy atom. The van der Waals surface area contributed by atoms with Gasteiger partial charge in [0.05, 0.1) is 6.54 Å². The molecule has 1 aromatic carbocycles. The number of rotatable bonds is 0. The van der Waals surface area contributed by atoms with Crippen LogP contribution in [0.15, 0.2) is 24.3 Å². The molecule has 0 aromatic heterocycles.